The number of hydrogen-bond donors (Lipinski definition) is 3. The summed E-state index contributed by atoms with van der Waals surface area (Å²) in [6.45, 7) is 1.21. The monoisotopic (exact) mass is 321 g/mol. The van der Waals surface area contributed by atoms with Crippen molar-refractivity contribution in [2.24, 2.45) is 0 Å². The number of nitrogens with zero attached hydrogens (tertiary/aromatic N) is 1. The summed E-state index contributed by atoms with van der Waals surface area (Å²) in [5.74, 6) is -1.31. The van der Waals surface area contributed by atoms with Crippen molar-refractivity contribution in [2.45, 2.75) is 19.4 Å². The molecule has 1 aromatic carbocycles. The first kappa shape index (κ1) is 16.3. The van der Waals surface area contributed by atoms with Crippen LogP contribution in [0.15, 0.2) is 18.3 Å². The van der Waals surface area contributed by atoms with E-state index < -0.39 is 22.8 Å². The van der Waals surface area contributed by atoms with Crippen molar-refractivity contribution in [3.63, 3.8) is 0 Å². The van der Waals surface area contributed by atoms with Crippen LogP contribution in [0, 0.1) is 10.1 Å². The smallest absolute Gasteiger partial charge is 0.326 e. The van der Waals surface area contributed by atoms with Gasteiger partial charge in [0.1, 0.15) is 11.8 Å². The second kappa shape index (κ2) is 6.34. The minimum Gasteiger partial charge on any atom is -0.495 e. The third kappa shape index (κ3) is 3.23. The number of carbonyl (C=O) groups is 2. The Hall–Kier alpha value is -3.10. The number of rotatable bonds is 6. The minimum absolute atomic E-state index is 0.0943. The van der Waals surface area contributed by atoms with Crippen LogP contribution >= 0.6 is 0 Å². The Morgan fingerprint density at radius 1 is 1.48 bits per heavy atom. The molecule has 2 rings (SSSR count). The van der Waals surface area contributed by atoms with Crippen molar-refractivity contribution in [1.82, 2.24) is 10.3 Å². The van der Waals surface area contributed by atoms with Gasteiger partial charge >= 0.3 is 5.97 Å². The second-order valence-corrected chi connectivity index (χ2v) is 4.90. The maximum absolute atomic E-state index is 11.3. The molecule has 0 aliphatic rings. The first-order chi connectivity index (χ1) is 10.8. The van der Waals surface area contributed by atoms with Gasteiger partial charge in [-0.25, -0.2) is 4.79 Å². The third-order valence-electron chi connectivity index (χ3n) is 3.37. The summed E-state index contributed by atoms with van der Waals surface area (Å²) < 4.78 is 5.15. The van der Waals surface area contributed by atoms with E-state index in [9.17, 15) is 24.8 Å². The highest BCUT2D eigenvalue weighted by Crippen LogP contribution is 2.35. The van der Waals surface area contributed by atoms with Crippen LogP contribution in [0.5, 0.6) is 5.75 Å². The number of amides is 1. The lowest BCUT2D eigenvalue weighted by Crippen LogP contribution is -2.41. The number of H-pyrrole nitrogens is 1. The number of benzene rings is 1. The fourth-order valence-electron chi connectivity index (χ4n) is 2.42. The van der Waals surface area contributed by atoms with Crippen molar-refractivity contribution in [2.75, 3.05) is 7.11 Å². The molecule has 0 bridgehead atoms. The van der Waals surface area contributed by atoms with Crippen LogP contribution in [0.2, 0.25) is 0 Å². The Bertz CT molecular complexity index is 782. The van der Waals surface area contributed by atoms with Gasteiger partial charge in [-0.3, -0.25) is 14.9 Å². The lowest BCUT2D eigenvalue weighted by atomic mass is 10.0. The number of aromatic nitrogens is 1. The van der Waals surface area contributed by atoms with E-state index >= 15 is 0 Å². The highest BCUT2D eigenvalue weighted by Gasteiger charge is 2.25. The van der Waals surface area contributed by atoms with E-state index in [-0.39, 0.29) is 17.5 Å². The van der Waals surface area contributed by atoms with Crippen LogP contribution in [-0.4, -0.2) is 40.0 Å². The zero-order valence-corrected chi connectivity index (χ0v) is 12.5. The Morgan fingerprint density at radius 3 is 2.70 bits per heavy atom. The Kier molecular flexibility index (Phi) is 4.49. The largest absolute Gasteiger partial charge is 0.495 e. The fraction of sp³-hybridized carbons (Fsp3) is 0.286. The Labute approximate surface area is 130 Å². The highest BCUT2D eigenvalue weighted by molar-refractivity contribution is 5.96. The average molecular weight is 321 g/mol. The lowest BCUT2D eigenvalue weighted by Gasteiger charge is -2.12. The van der Waals surface area contributed by atoms with Crippen LogP contribution in [-0.2, 0) is 16.0 Å². The molecule has 23 heavy (non-hydrogen) atoms. The van der Waals surface area contributed by atoms with Gasteiger partial charge in [-0.15, -0.1) is 0 Å². The van der Waals surface area contributed by atoms with Gasteiger partial charge in [-0.05, 0) is 11.6 Å². The number of aromatic amines is 1. The minimum atomic E-state index is -1.22. The van der Waals surface area contributed by atoms with E-state index in [1.807, 2.05) is 0 Å². The summed E-state index contributed by atoms with van der Waals surface area (Å²) in [7, 11) is 1.43. The standard InChI is InChI=1S/C14H15N3O6/c1-7(18)16-9(14(19)20)5-8-6-15-13-11(23-2)4-3-10(12(8)13)17(21)22/h3-4,6,9,15H,5H2,1-2H3,(H,16,18)(H,19,20). The maximum atomic E-state index is 11.3. The molecule has 1 amide bonds. The van der Waals surface area contributed by atoms with Gasteiger partial charge < -0.3 is 20.1 Å². The summed E-state index contributed by atoms with van der Waals surface area (Å²) in [6, 6.07) is 1.58. The molecule has 122 valence electrons. The molecule has 0 aliphatic carbocycles. The molecule has 0 spiro atoms. The number of nitro benzene ring substituents is 1. The van der Waals surface area contributed by atoms with Crippen LogP contribution in [0.25, 0.3) is 10.9 Å². The summed E-state index contributed by atoms with van der Waals surface area (Å²) in [5, 5.41) is 23.0. The Morgan fingerprint density at radius 2 is 2.17 bits per heavy atom. The predicted octanol–water partition coefficient (Wildman–Crippen LogP) is 1.22. The van der Waals surface area contributed by atoms with Crippen molar-refractivity contribution in [3.8, 4) is 5.75 Å². The van der Waals surface area contributed by atoms with Gasteiger partial charge in [-0.1, -0.05) is 0 Å². The molecule has 0 fully saturated rings. The molecule has 3 N–H and O–H groups in total. The second-order valence-electron chi connectivity index (χ2n) is 4.90. The van der Waals surface area contributed by atoms with Crippen LogP contribution in [0.3, 0.4) is 0 Å². The van der Waals surface area contributed by atoms with Gasteiger partial charge in [0.25, 0.3) is 5.69 Å². The van der Waals surface area contributed by atoms with Crippen LogP contribution in [0.4, 0.5) is 5.69 Å². The molecule has 1 aromatic heterocycles. The first-order valence-electron chi connectivity index (χ1n) is 6.66. The molecule has 2 aromatic rings. The molecule has 1 heterocycles. The Balaban J connectivity index is 2.54. The number of carboxylic acid groups (broad SMARTS) is 1. The van der Waals surface area contributed by atoms with E-state index in [0.29, 0.717) is 16.8 Å². The van der Waals surface area contributed by atoms with Gasteiger partial charge in [0.2, 0.25) is 5.91 Å². The molecule has 9 heteroatoms. The number of fused-ring (bicyclic) bond motifs is 1. The molecule has 0 saturated heterocycles. The number of carbonyl (C=O) groups excluding carboxylic acids is 1. The quantitative estimate of drug-likeness (QED) is 0.541. The van der Waals surface area contributed by atoms with Gasteiger partial charge in [-0.2, -0.15) is 0 Å². The van der Waals surface area contributed by atoms with E-state index in [1.165, 1.54) is 32.4 Å². The highest BCUT2D eigenvalue weighted by atomic mass is 16.6. The number of non-ortho nitro benzene ring substituents is 1. The number of nitrogens with one attached hydrogen (secondary N) is 2. The molecular weight excluding hydrogens is 306 g/mol. The van der Waals surface area contributed by atoms with Gasteiger partial charge in [0.05, 0.1) is 22.9 Å². The zero-order valence-electron chi connectivity index (χ0n) is 12.5. The SMILES string of the molecule is COc1ccc([N+](=O)[O-])c2c(CC(NC(C)=O)C(=O)O)c[nH]c12. The molecule has 0 aliphatic heterocycles. The summed E-state index contributed by atoms with van der Waals surface area (Å²) in [4.78, 5) is 35.9. The number of aliphatic carboxylic acids is 1. The third-order valence-corrected chi connectivity index (χ3v) is 3.37. The molecule has 0 radical (unpaired) electrons. The molecule has 0 saturated carbocycles. The lowest BCUT2D eigenvalue weighted by molar-refractivity contribution is -0.383. The topological polar surface area (TPSA) is 135 Å². The molecule has 1 atom stereocenters. The van der Waals surface area contributed by atoms with Crippen LogP contribution < -0.4 is 10.1 Å². The van der Waals surface area contributed by atoms with Crippen LogP contribution in [0.1, 0.15) is 12.5 Å². The fourth-order valence-corrected chi connectivity index (χ4v) is 2.42. The van der Waals surface area contributed by atoms with E-state index in [0.717, 1.165) is 0 Å². The molecule has 9 nitrogen and oxygen atoms in total. The summed E-state index contributed by atoms with van der Waals surface area (Å²) in [6.07, 6.45) is 1.39. The number of hydrogen-bond acceptors (Lipinski definition) is 5. The van der Waals surface area contributed by atoms with E-state index in [4.69, 9.17) is 4.74 Å². The van der Waals surface area contributed by atoms with Crippen molar-refractivity contribution in [1.29, 1.82) is 0 Å². The number of methoxy groups -OCH3 is 1. The van der Waals surface area contributed by atoms with Gasteiger partial charge in [0, 0.05) is 25.6 Å². The maximum Gasteiger partial charge on any atom is 0.326 e. The average Bonchev–Trinajstić information content (AvgIpc) is 2.89. The van der Waals surface area contributed by atoms with Crippen molar-refractivity contribution >= 4 is 28.5 Å². The van der Waals surface area contributed by atoms with Crippen molar-refractivity contribution in [3.05, 3.63) is 34.0 Å². The number of ether oxygens (including phenoxy) is 1. The number of carboxylic acids is 1. The van der Waals surface area contributed by atoms with Crippen molar-refractivity contribution < 1.29 is 24.4 Å². The number of nitro groups is 1. The van der Waals surface area contributed by atoms with E-state index in [2.05, 4.69) is 10.3 Å². The van der Waals surface area contributed by atoms with Gasteiger partial charge in [0.15, 0.2) is 0 Å². The molecular formula is C14H15N3O6. The summed E-state index contributed by atoms with van der Waals surface area (Å²) in [5.41, 5.74) is 0.652. The normalized spacial score (nSPS) is 11.9. The van der Waals surface area contributed by atoms with E-state index in [1.54, 1.807) is 0 Å². The predicted molar refractivity (Wildman–Crippen MR) is 80.4 cm³/mol. The zero-order chi connectivity index (χ0) is 17.1. The summed E-state index contributed by atoms with van der Waals surface area (Å²) >= 11 is 0. The molecule has 1 unspecified atom stereocenters. The first-order valence-corrected chi connectivity index (χ1v) is 6.66.